The van der Waals surface area contributed by atoms with Crippen LogP contribution in [0.2, 0.25) is 5.02 Å². The Morgan fingerprint density at radius 1 is 1.31 bits per heavy atom. The highest BCUT2D eigenvalue weighted by molar-refractivity contribution is 6.30. The van der Waals surface area contributed by atoms with E-state index in [1.165, 1.54) is 5.56 Å². The first-order valence-electron chi connectivity index (χ1n) is 8.80. The first-order valence-corrected chi connectivity index (χ1v) is 9.18. The first kappa shape index (κ1) is 18.9. The highest BCUT2D eigenvalue weighted by Gasteiger charge is 2.35. The van der Waals surface area contributed by atoms with Crippen LogP contribution in [0.4, 0.5) is 5.88 Å². The van der Waals surface area contributed by atoms with Crippen LogP contribution in [0.1, 0.15) is 31.0 Å². The van der Waals surface area contributed by atoms with Crippen LogP contribution in [0.5, 0.6) is 0 Å². The van der Waals surface area contributed by atoms with Crippen molar-refractivity contribution in [3.05, 3.63) is 46.6 Å². The summed E-state index contributed by atoms with van der Waals surface area (Å²) in [6.45, 7) is 5.75. The second-order valence-corrected chi connectivity index (χ2v) is 7.26. The zero-order valence-corrected chi connectivity index (χ0v) is 15.8. The molecule has 2 aromatic rings. The van der Waals surface area contributed by atoms with E-state index in [9.17, 15) is 4.79 Å². The molecule has 140 valence electrons. The highest BCUT2D eigenvalue weighted by Crippen LogP contribution is 2.35. The molecule has 0 saturated carbocycles. The minimum atomic E-state index is -0.368. The Morgan fingerprint density at radius 2 is 2.00 bits per heavy atom. The Morgan fingerprint density at radius 3 is 2.62 bits per heavy atom. The van der Waals surface area contributed by atoms with E-state index in [1.54, 1.807) is 6.07 Å². The third-order valence-electron chi connectivity index (χ3n) is 4.92. The van der Waals surface area contributed by atoms with E-state index in [0.29, 0.717) is 25.6 Å². The van der Waals surface area contributed by atoms with Gasteiger partial charge in [-0.2, -0.15) is 0 Å². The lowest BCUT2D eigenvalue weighted by Crippen LogP contribution is -2.48. The Hall–Kier alpha value is -1.89. The van der Waals surface area contributed by atoms with Crippen LogP contribution in [0, 0.1) is 6.92 Å². The number of carbonyl (C=O) groups excluding carboxylic acids is 1. The van der Waals surface area contributed by atoms with Crippen molar-refractivity contribution >= 4 is 23.4 Å². The third kappa shape index (κ3) is 4.44. The van der Waals surface area contributed by atoms with E-state index in [4.69, 9.17) is 20.9 Å². The predicted molar refractivity (Wildman–Crippen MR) is 101 cm³/mol. The summed E-state index contributed by atoms with van der Waals surface area (Å²) in [5.74, 6) is 0.207. The van der Waals surface area contributed by atoms with Crippen LogP contribution in [0.25, 0.3) is 0 Å². The van der Waals surface area contributed by atoms with Crippen LogP contribution in [-0.4, -0.2) is 36.9 Å². The van der Waals surface area contributed by atoms with Gasteiger partial charge in [0.2, 0.25) is 11.8 Å². The van der Waals surface area contributed by atoms with E-state index < -0.39 is 0 Å². The molecule has 1 aromatic carbocycles. The lowest BCUT2D eigenvalue weighted by atomic mass is 9.74. The Balaban J connectivity index is 1.65. The maximum absolute atomic E-state index is 12.4. The normalized spacial score (nSPS) is 17.7. The van der Waals surface area contributed by atoms with Gasteiger partial charge < -0.3 is 14.6 Å². The van der Waals surface area contributed by atoms with Gasteiger partial charge in [-0.05, 0) is 44.4 Å². The van der Waals surface area contributed by atoms with Crippen LogP contribution in [-0.2, 0) is 14.9 Å². The van der Waals surface area contributed by atoms with Crippen molar-refractivity contribution in [1.29, 1.82) is 0 Å². The van der Waals surface area contributed by atoms with Crippen molar-refractivity contribution < 1.29 is 14.1 Å². The van der Waals surface area contributed by atoms with Crippen molar-refractivity contribution in [2.24, 2.45) is 0 Å². The fourth-order valence-electron chi connectivity index (χ4n) is 3.23. The summed E-state index contributed by atoms with van der Waals surface area (Å²) in [5.41, 5.74) is 1.88. The summed E-state index contributed by atoms with van der Waals surface area (Å²) >= 11 is 6.04. The fourth-order valence-corrected chi connectivity index (χ4v) is 3.35. The molecule has 0 bridgehead atoms. The smallest absolute Gasteiger partial charge is 0.243 e. The van der Waals surface area contributed by atoms with Crippen molar-refractivity contribution in [3.63, 3.8) is 0 Å². The molecule has 2 heterocycles. The van der Waals surface area contributed by atoms with Gasteiger partial charge in [-0.1, -0.05) is 28.9 Å². The predicted octanol–water partition coefficient (Wildman–Crippen LogP) is 3.30. The second kappa shape index (κ2) is 8.20. The zero-order valence-electron chi connectivity index (χ0n) is 15.0. The molecule has 6 nitrogen and oxygen atoms in total. The Bertz CT molecular complexity index is 739. The molecular weight excluding hydrogens is 354 g/mol. The van der Waals surface area contributed by atoms with E-state index in [1.807, 2.05) is 26.0 Å². The SMILES string of the molecule is Cc1cc(NC(=O)[C@@H](C)NCC2(c3ccc(Cl)cc3)CCOCC2)on1. The Kier molecular flexibility index (Phi) is 5.96. The maximum Gasteiger partial charge on any atom is 0.243 e. The average molecular weight is 378 g/mol. The molecular formula is C19H24ClN3O3. The van der Waals surface area contributed by atoms with Gasteiger partial charge in [-0.15, -0.1) is 0 Å². The number of amides is 1. The molecule has 1 aromatic heterocycles. The zero-order chi connectivity index (χ0) is 18.6. The van der Waals surface area contributed by atoms with Gasteiger partial charge in [0, 0.05) is 36.3 Å². The number of ether oxygens (including phenoxy) is 1. The van der Waals surface area contributed by atoms with E-state index in [2.05, 4.69) is 27.9 Å². The summed E-state index contributed by atoms with van der Waals surface area (Å²) in [5, 5.41) is 10.6. The van der Waals surface area contributed by atoms with Crippen molar-refractivity contribution in [1.82, 2.24) is 10.5 Å². The average Bonchev–Trinajstić information content (AvgIpc) is 3.05. The molecule has 26 heavy (non-hydrogen) atoms. The van der Waals surface area contributed by atoms with Gasteiger partial charge in [0.15, 0.2) is 0 Å². The van der Waals surface area contributed by atoms with Crippen LogP contribution in [0.3, 0.4) is 0 Å². The summed E-state index contributed by atoms with van der Waals surface area (Å²) < 4.78 is 10.6. The largest absolute Gasteiger partial charge is 0.381 e. The molecule has 1 aliphatic rings. The van der Waals surface area contributed by atoms with Crippen molar-refractivity contribution in [3.8, 4) is 0 Å². The van der Waals surface area contributed by atoms with Gasteiger partial charge in [0.1, 0.15) is 0 Å². The van der Waals surface area contributed by atoms with Crippen LogP contribution < -0.4 is 10.6 Å². The lowest BCUT2D eigenvalue weighted by Gasteiger charge is -2.38. The number of halogens is 1. The highest BCUT2D eigenvalue weighted by atomic mass is 35.5. The molecule has 7 heteroatoms. The summed E-state index contributed by atoms with van der Waals surface area (Å²) in [4.78, 5) is 12.4. The topological polar surface area (TPSA) is 76.4 Å². The number of nitrogens with zero attached hydrogens (tertiary/aromatic N) is 1. The van der Waals surface area contributed by atoms with Crippen LogP contribution >= 0.6 is 11.6 Å². The minimum absolute atomic E-state index is 0.0692. The van der Waals surface area contributed by atoms with E-state index >= 15 is 0 Å². The number of anilines is 1. The van der Waals surface area contributed by atoms with E-state index in [-0.39, 0.29) is 17.4 Å². The fraction of sp³-hybridized carbons (Fsp3) is 0.474. The monoisotopic (exact) mass is 377 g/mol. The number of aryl methyl sites for hydroxylation is 1. The number of aromatic nitrogens is 1. The maximum atomic E-state index is 12.4. The minimum Gasteiger partial charge on any atom is -0.381 e. The number of hydrogen-bond acceptors (Lipinski definition) is 5. The summed E-state index contributed by atoms with van der Waals surface area (Å²) in [7, 11) is 0. The molecule has 1 aliphatic heterocycles. The van der Waals surface area contributed by atoms with E-state index in [0.717, 1.165) is 23.6 Å². The number of nitrogens with one attached hydrogen (secondary N) is 2. The summed E-state index contributed by atoms with van der Waals surface area (Å²) in [6, 6.07) is 9.28. The molecule has 0 radical (unpaired) electrons. The van der Waals surface area contributed by atoms with Gasteiger partial charge in [-0.3, -0.25) is 10.1 Å². The van der Waals surface area contributed by atoms with Gasteiger partial charge >= 0.3 is 0 Å². The lowest BCUT2D eigenvalue weighted by molar-refractivity contribution is -0.118. The van der Waals surface area contributed by atoms with Gasteiger partial charge in [0.05, 0.1) is 11.7 Å². The van der Waals surface area contributed by atoms with Crippen molar-refractivity contribution in [2.75, 3.05) is 25.1 Å². The number of benzene rings is 1. The molecule has 2 N–H and O–H groups in total. The number of rotatable bonds is 6. The van der Waals surface area contributed by atoms with Crippen LogP contribution in [0.15, 0.2) is 34.9 Å². The van der Waals surface area contributed by atoms with Gasteiger partial charge in [-0.25, -0.2) is 0 Å². The third-order valence-corrected chi connectivity index (χ3v) is 5.17. The number of hydrogen-bond donors (Lipinski definition) is 2. The van der Waals surface area contributed by atoms with Gasteiger partial charge in [0.25, 0.3) is 0 Å². The van der Waals surface area contributed by atoms with Crippen molar-refractivity contribution in [2.45, 2.75) is 38.1 Å². The number of carbonyl (C=O) groups is 1. The standard InChI is InChI=1S/C19H24ClN3O3/c1-13-11-17(26-23-13)22-18(24)14(2)21-12-19(7-9-25-10-8-19)15-3-5-16(20)6-4-15/h3-6,11,14,21H,7-10,12H2,1-2H3,(H,22,24)/t14-/m1/s1. The molecule has 0 aliphatic carbocycles. The molecule has 0 unspecified atom stereocenters. The first-order chi connectivity index (χ1) is 12.5. The molecule has 1 atom stereocenters. The summed E-state index contributed by atoms with van der Waals surface area (Å²) in [6.07, 6.45) is 1.80. The molecule has 0 spiro atoms. The molecule has 1 fully saturated rings. The second-order valence-electron chi connectivity index (χ2n) is 6.82. The Labute approximate surface area is 158 Å². The molecule has 1 amide bonds. The molecule has 3 rings (SSSR count). The quantitative estimate of drug-likeness (QED) is 0.807. The molecule has 1 saturated heterocycles.